The zero-order valence-electron chi connectivity index (χ0n) is 11.7. The Morgan fingerprint density at radius 3 is 2.65 bits per heavy atom. The van der Waals surface area contributed by atoms with Crippen molar-refractivity contribution in [2.24, 2.45) is 5.92 Å². The maximum atomic E-state index is 10.8. The minimum absolute atomic E-state index is 0.239. The SMILES string of the molecule is COc1ccc2ccccc2c1C(O)C1CCOCC1. The molecule has 3 rings (SSSR count). The van der Waals surface area contributed by atoms with Crippen LogP contribution in [0.5, 0.6) is 5.75 Å². The summed E-state index contributed by atoms with van der Waals surface area (Å²) in [4.78, 5) is 0. The van der Waals surface area contributed by atoms with Gasteiger partial charge in [-0.05, 0) is 35.6 Å². The molecule has 1 aliphatic rings. The van der Waals surface area contributed by atoms with Gasteiger partial charge in [-0.15, -0.1) is 0 Å². The first-order valence-electron chi connectivity index (χ1n) is 7.12. The van der Waals surface area contributed by atoms with E-state index in [0.717, 1.165) is 48.1 Å². The Kier molecular flexibility index (Phi) is 3.90. The molecule has 1 atom stereocenters. The molecule has 1 heterocycles. The number of benzene rings is 2. The van der Waals surface area contributed by atoms with Crippen molar-refractivity contribution in [3.05, 3.63) is 42.0 Å². The minimum Gasteiger partial charge on any atom is -0.496 e. The summed E-state index contributed by atoms with van der Waals surface area (Å²) in [5, 5.41) is 13.0. The van der Waals surface area contributed by atoms with E-state index in [9.17, 15) is 5.11 Å². The molecular formula is C17H20O3. The van der Waals surface area contributed by atoms with Crippen LogP contribution < -0.4 is 4.74 Å². The van der Waals surface area contributed by atoms with Crippen molar-refractivity contribution in [2.45, 2.75) is 18.9 Å². The Morgan fingerprint density at radius 2 is 1.90 bits per heavy atom. The molecule has 3 nitrogen and oxygen atoms in total. The Balaban J connectivity index is 2.07. The number of aliphatic hydroxyl groups is 1. The predicted octanol–water partition coefficient (Wildman–Crippen LogP) is 3.31. The van der Waals surface area contributed by atoms with E-state index in [1.807, 2.05) is 24.3 Å². The molecule has 0 saturated carbocycles. The second-order valence-electron chi connectivity index (χ2n) is 5.30. The largest absolute Gasteiger partial charge is 0.496 e. The van der Waals surface area contributed by atoms with Gasteiger partial charge in [0.05, 0.1) is 13.2 Å². The molecule has 1 aliphatic heterocycles. The van der Waals surface area contributed by atoms with Crippen molar-refractivity contribution in [2.75, 3.05) is 20.3 Å². The summed E-state index contributed by atoms with van der Waals surface area (Å²) in [7, 11) is 1.66. The summed E-state index contributed by atoms with van der Waals surface area (Å²) < 4.78 is 10.9. The van der Waals surface area contributed by atoms with E-state index in [0.29, 0.717) is 0 Å². The van der Waals surface area contributed by atoms with Crippen LogP contribution in [0.4, 0.5) is 0 Å². The third kappa shape index (κ3) is 2.39. The van der Waals surface area contributed by atoms with Crippen molar-refractivity contribution in [3.8, 4) is 5.75 Å². The van der Waals surface area contributed by atoms with E-state index in [4.69, 9.17) is 9.47 Å². The molecule has 1 saturated heterocycles. The van der Waals surface area contributed by atoms with Crippen LogP contribution in [0.15, 0.2) is 36.4 Å². The van der Waals surface area contributed by atoms with Crippen LogP contribution in [0.25, 0.3) is 10.8 Å². The summed E-state index contributed by atoms with van der Waals surface area (Å²) >= 11 is 0. The summed E-state index contributed by atoms with van der Waals surface area (Å²) in [6.07, 6.45) is 1.29. The van der Waals surface area contributed by atoms with E-state index in [1.54, 1.807) is 7.11 Å². The van der Waals surface area contributed by atoms with Crippen LogP contribution in [0.1, 0.15) is 24.5 Å². The zero-order chi connectivity index (χ0) is 13.9. The van der Waals surface area contributed by atoms with Gasteiger partial charge in [0, 0.05) is 18.8 Å². The van der Waals surface area contributed by atoms with E-state index < -0.39 is 6.10 Å². The van der Waals surface area contributed by atoms with E-state index >= 15 is 0 Å². The lowest BCUT2D eigenvalue weighted by molar-refractivity contribution is 0.00694. The first-order valence-corrected chi connectivity index (χ1v) is 7.12. The summed E-state index contributed by atoms with van der Waals surface area (Å²) in [5.74, 6) is 1.01. The molecule has 0 aromatic heterocycles. The number of aliphatic hydroxyl groups excluding tert-OH is 1. The second kappa shape index (κ2) is 5.81. The van der Waals surface area contributed by atoms with Gasteiger partial charge in [0.25, 0.3) is 0 Å². The molecule has 3 heteroatoms. The molecule has 1 N–H and O–H groups in total. The van der Waals surface area contributed by atoms with Crippen LogP contribution >= 0.6 is 0 Å². The fraction of sp³-hybridized carbons (Fsp3) is 0.412. The molecule has 0 bridgehead atoms. The molecule has 1 unspecified atom stereocenters. The van der Waals surface area contributed by atoms with Crippen molar-refractivity contribution >= 4 is 10.8 Å². The zero-order valence-corrected chi connectivity index (χ0v) is 11.7. The van der Waals surface area contributed by atoms with Gasteiger partial charge in [-0.1, -0.05) is 30.3 Å². The molecule has 106 valence electrons. The number of ether oxygens (including phenoxy) is 2. The van der Waals surface area contributed by atoms with Gasteiger partial charge in [0.15, 0.2) is 0 Å². The van der Waals surface area contributed by atoms with Gasteiger partial charge < -0.3 is 14.6 Å². The van der Waals surface area contributed by atoms with E-state index in [1.165, 1.54) is 0 Å². The maximum absolute atomic E-state index is 10.8. The Bertz CT molecular complexity index is 588. The molecule has 2 aromatic rings. The van der Waals surface area contributed by atoms with Gasteiger partial charge in [0.1, 0.15) is 5.75 Å². The molecule has 1 fully saturated rings. The lowest BCUT2D eigenvalue weighted by Gasteiger charge is -2.28. The number of rotatable bonds is 3. The first-order chi connectivity index (χ1) is 9.81. The lowest BCUT2D eigenvalue weighted by Crippen LogP contribution is -2.22. The third-order valence-electron chi connectivity index (χ3n) is 4.16. The van der Waals surface area contributed by atoms with Gasteiger partial charge in [-0.25, -0.2) is 0 Å². The molecule has 0 amide bonds. The molecule has 2 aromatic carbocycles. The quantitative estimate of drug-likeness (QED) is 0.931. The average molecular weight is 272 g/mol. The molecule has 20 heavy (non-hydrogen) atoms. The van der Waals surface area contributed by atoms with Crippen LogP contribution in [-0.4, -0.2) is 25.4 Å². The van der Waals surface area contributed by atoms with Crippen molar-refractivity contribution < 1.29 is 14.6 Å². The van der Waals surface area contributed by atoms with E-state index in [-0.39, 0.29) is 5.92 Å². The van der Waals surface area contributed by atoms with E-state index in [2.05, 4.69) is 12.1 Å². The first kappa shape index (κ1) is 13.4. The van der Waals surface area contributed by atoms with Crippen LogP contribution in [-0.2, 0) is 4.74 Å². The molecular weight excluding hydrogens is 252 g/mol. The normalized spacial score (nSPS) is 18.1. The van der Waals surface area contributed by atoms with Gasteiger partial charge in [-0.2, -0.15) is 0 Å². The highest BCUT2D eigenvalue weighted by Gasteiger charge is 2.27. The summed E-state index contributed by atoms with van der Waals surface area (Å²) in [5.41, 5.74) is 0.914. The summed E-state index contributed by atoms with van der Waals surface area (Å²) in [6, 6.07) is 12.1. The van der Waals surface area contributed by atoms with Gasteiger partial charge >= 0.3 is 0 Å². The minimum atomic E-state index is -0.500. The lowest BCUT2D eigenvalue weighted by atomic mass is 9.86. The number of fused-ring (bicyclic) bond motifs is 1. The maximum Gasteiger partial charge on any atom is 0.125 e. The van der Waals surface area contributed by atoms with Crippen LogP contribution in [0.2, 0.25) is 0 Å². The van der Waals surface area contributed by atoms with Crippen molar-refractivity contribution in [1.82, 2.24) is 0 Å². The highest BCUT2D eigenvalue weighted by Crippen LogP contribution is 2.39. The monoisotopic (exact) mass is 272 g/mol. The standard InChI is InChI=1S/C17H20O3/c1-19-15-7-6-12-4-2-3-5-14(12)16(15)17(18)13-8-10-20-11-9-13/h2-7,13,17-18H,8-11H2,1H3. The fourth-order valence-electron chi connectivity index (χ4n) is 3.03. The molecule has 0 aliphatic carbocycles. The van der Waals surface area contributed by atoms with Crippen molar-refractivity contribution in [3.63, 3.8) is 0 Å². The van der Waals surface area contributed by atoms with Crippen LogP contribution in [0.3, 0.4) is 0 Å². The highest BCUT2D eigenvalue weighted by atomic mass is 16.5. The average Bonchev–Trinajstić information content (AvgIpc) is 2.54. The number of methoxy groups -OCH3 is 1. The van der Waals surface area contributed by atoms with Gasteiger partial charge in [-0.3, -0.25) is 0 Å². The topological polar surface area (TPSA) is 38.7 Å². The van der Waals surface area contributed by atoms with Gasteiger partial charge in [0.2, 0.25) is 0 Å². The predicted molar refractivity (Wildman–Crippen MR) is 79.0 cm³/mol. The Labute approximate surface area is 119 Å². The molecule has 0 radical (unpaired) electrons. The second-order valence-corrected chi connectivity index (χ2v) is 5.30. The Morgan fingerprint density at radius 1 is 1.15 bits per heavy atom. The summed E-state index contributed by atoms with van der Waals surface area (Å²) in [6.45, 7) is 1.46. The molecule has 0 spiro atoms. The Hall–Kier alpha value is -1.58. The fourth-order valence-corrected chi connectivity index (χ4v) is 3.03. The highest BCUT2D eigenvalue weighted by molar-refractivity contribution is 5.88. The van der Waals surface area contributed by atoms with Crippen molar-refractivity contribution in [1.29, 1.82) is 0 Å². The number of hydrogen-bond acceptors (Lipinski definition) is 3. The smallest absolute Gasteiger partial charge is 0.125 e. The number of hydrogen-bond donors (Lipinski definition) is 1. The third-order valence-corrected chi connectivity index (χ3v) is 4.16. The van der Waals surface area contributed by atoms with Crippen LogP contribution in [0, 0.1) is 5.92 Å².